The summed E-state index contributed by atoms with van der Waals surface area (Å²) in [6.45, 7) is 1.05. The third-order valence-corrected chi connectivity index (χ3v) is 4.28. The van der Waals surface area contributed by atoms with Gasteiger partial charge in [0.2, 0.25) is 5.95 Å². The number of rotatable bonds is 6. The predicted molar refractivity (Wildman–Crippen MR) is 107 cm³/mol. The van der Waals surface area contributed by atoms with Gasteiger partial charge in [0.1, 0.15) is 11.6 Å². The maximum absolute atomic E-state index is 13.4. The van der Waals surface area contributed by atoms with Crippen molar-refractivity contribution < 1.29 is 9.13 Å². The second-order valence-corrected chi connectivity index (χ2v) is 6.15. The van der Waals surface area contributed by atoms with Gasteiger partial charge in [-0.05, 0) is 36.4 Å². The molecule has 0 radical (unpaired) electrons. The van der Waals surface area contributed by atoms with E-state index in [1.165, 1.54) is 12.1 Å². The van der Waals surface area contributed by atoms with Gasteiger partial charge in [-0.2, -0.15) is 4.98 Å². The molecule has 2 heterocycles. The molecule has 7 nitrogen and oxygen atoms in total. The van der Waals surface area contributed by atoms with Crippen LogP contribution in [0.15, 0.2) is 54.6 Å². The molecule has 0 saturated carbocycles. The third kappa shape index (κ3) is 3.37. The van der Waals surface area contributed by atoms with Gasteiger partial charge in [0.25, 0.3) is 0 Å². The number of hydrogen-bond acceptors (Lipinski definition) is 6. The first-order valence-corrected chi connectivity index (χ1v) is 8.78. The van der Waals surface area contributed by atoms with Crippen molar-refractivity contribution in [3.8, 4) is 16.9 Å². The monoisotopic (exact) mass is 378 g/mol. The summed E-state index contributed by atoms with van der Waals surface area (Å²) in [4.78, 5) is 9.10. The number of methoxy groups -OCH3 is 1. The molecule has 0 aliphatic rings. The molecule has 4 rings (SSSR count). The molecular weight excluding hydrogens is 359 g/mol. The fourth-order valence-corrected chi connectivity index (χ4v) is 2.94. The molecule has 0 amide bonds. The van der Waals surface area contributed by atoms with E-state index in [4.69, 9.17) is 10.5 Å². The largest absolute Gasteiger partial charge is 0.383 e. The quantitative estimate of drug-likeness (QED) is 0.501. The number of nitrogens with one attached hydrogen (secondary N) is 1. The standard InChI is InChI=1S/C20H19FN6O/c1-28-12-11-23-20-24-17(13-7-9-14(21)10-8-13)16-18(22)27(26-19(16)25-20)15-5-3-2-4-6-15/h2-10H,11-12,22H2,1H3,(H,23,25,26). The van der Waals surface area contributed by atoms with E-state index in [9.17, 15) is 4.39 Å². The van der Waals surface area contributed by atoms with Crippen LogP contribution in [0.3, 0.4) is 0 Å². The van der Waals surface area contributed by atoms with Crippen LogP contribution in [0.25, 0.3) is 28.0 Å². The highest BCUT2D eigenvalue weighted by atomic mass is 19.1. The summed E-state index contributed by atoms with van der Waals surface area (Å²) in [5, 5.41) is 8.31. The Bertz CT molecular complexity index is 1100. The van der Waals surface area contributed by atoms with E-state index in [0.717, 1.165) is 11.3 Å². The van der Waals surface area contributed by atoms with E-state index in [2.05, 4.69) is 20.4 Å². The number of anilines is 2. The van der Waals surface area contributed by atoms with Crippen molar-refractivity contribution in [3.05, 3.63) is 60.4 Å². The lowest BCUT2D eigenvalue weighted by molar-refractivity contribution is 0.210. The van der Waals surface area contributed by atoms with Gasteiger partial charge in [-0.15, -0.1) is 5.10 Å². The predicted octanol–water partition coefficient (Wildman–Crippen LogP) is 3.26. The topological polar surface area (TPSA) is 90.9 Å². The minimum absolute atomic E-state index is 0.319. The first-order valence-electron chi connectivity index (χ1n) is 8.78. The first kappa shape index (κ1) is 17.9. The highest BCUT2D eigenvalue weighted by Crippen LogP contribution is 2.32. The van der Waals surface area contributed by atoms with E-state index in [1.54, 1.807) is 23.9 Å². The van der Waals surface area contributed by atoms with E-state index in [1.807, 2.05) is 30.3 Å². The van der Waals surface area contributed by atoms with Crippen LogP contribution in [0.5, 0.6) is 0 Å². The fourth-order valence-electron chi connectivity index (χ4n) is 2.94. The molecule has 8 heteroatoms. The van der Waals surface area contributed by atoms with Gasteiger partial charge in [-0.1, -0.05) is 18.2 Å². The molecule has 0 bridgehead atoms. The molecule has 0 aliphatic carbocycles. The van der Waals surface area contributed by atoms with E-state index in [-0.39, 0.29) is 5.82 Å². The second kappa shape index (κ2) is 7.61. The van der Waals surface area contributed by atoms with E-state index >= 15 is 0 Å². The number of fused-ring (bicyclic) bond motifs is 1. The Labute approximate surface area is 161 Å². The normalized spacial score (nSPS) is 11.1. The number of nitrogens with two attached hydrogens (primary N) is 1. The Morgan fingerprint density at radius 2 is 1.82 bits per heavy atom. The summed E-state index contributed by atoms with van der Waals surface area (Å²) in [5.41, 5.74) is 9.00. The van der Waals surface area contributed by atoms with E-state index in [0.29, 0.717) is 41.6 Å². The van der Waals surface area contributed by atoms with Gasteiger partial charge in [0.05, 0.1) is 23.4 Å². The lowest BCUT2D eigenvalue weighted by Gasteiger charge is -2.08. The van der Waals surface area contributed by atoms with Gasteiger partial charge in [0.15, 0.2) is 5.65 Å². The molecule has 142 valence electrons. The summed E-state index contributed by atoms with van der Waals surface area (Å²) in [5.74, 6) is 0.506. The van der Waals surface area contributed by atoms with Gasteiger partial charge in [0, 0.05) is 19.2 Å². The Kier molecular flexibility index (Phi) is 4.86. The first-order chi connectivity index (χ1) is 13.7. The van der Waals surface area contributed by atoms with Crippen LogP contribution in [0.1, 0.15) is 0 Å². The maximum Gasteiger partial charge on any atom is 0.225 e. The van der Waals surface area contributed by atoms with E-state index < -0.39 is 0 Å². The summed E-state index contributed by atoms with van der Waals surface area (Å²) >= 11 is 0. The number of aromatic nitrogens is 4. The molecule has 4 aromatic rings. The van der Waals surface area contributed by atoms with Crippen LogP contribution in [0.2, 0.25) is 0 Å². The number of nitrogens with zero attached hydrogens (tertiary/aromatic N) is 4. The SMILES string of the molecule is COCCNc1nc(-c2ccc(F)cc2)c2c(N)n(-c3ccccc3)nc2n1. The second-order valence-electron chi connectivity index (χ2n) is 6.15. The average molecular weight is 378 g/mol. The molecular formula is C20H19FN6O. The summed E-state index contributed by atoms with van der Waals surface area (Å²) in [6.07, 6.45) is 0. The van der Waals surface area contributed by atoms with Crippen LogP contribution < -0.4 is 11.1 Å². The van der Waals surface area contributed by atoms with Crippen molar-refractivity contribution in [2.45, 2.75) is 0 Å². The van der Waals surface area contributed by atoms with Crippen molar-refractivity contribution >= 4 is 22.8 Å². The minimum atomic E-state index is -0.319. The molecule has 3 N–H and O–H groups in total. The number of benzene rings is 2. The van der Waals surface area contributed by atoms with Crippen LogP contribution in [0, 0.1) is 5.82 Å². The Hall–Kier alpha value is -3.52. The maximum atomic E-state index is 13.4. The lowest BCUT2D eigenvalue weighted by Crippen LogP contribution is -2.10. The molecule has 2 aromatic heterocycles. The van der Waals surface area contributed by atoms with Crippen molar-refractivity contribution in [2.75, 3.05) is 31.3 Å². The number of ether oxygens (including phenoxy) is 1. The minimum Gasteiger partial charge on any atom is -0.383 e. The number of para-hydroxylation sites is 1. The summed E-state index contributed by atoms with van der Waals surface area (Å²) in [6, 6.07) is 15.7. The molecule has 0 aliphatic heterocycles. The smallest absolute Gasteiger partial charge is 0.225 e. The Morgan fingerprint density at radius 3 is 2.54 bits per heavy atom. The van der Waals surface area contributed by atoms with Gasteiger partial charge in [-0.3, -0.25) is 0 Å². The zero-order valence-electron chi connectivity index (χ0n) is 15.3. The lowest BCUT2D eigenvalue weighted by atomic mass is 10.1. The summed E-state index contributed by atoms with van der Waals surface area (Å²) in [7, 11) is 1.62. The van der Waals surface area contributed by atoms with Crippen LogP contribution in [0.4, 0.5) is 16.2 Å². The van der Waals surface area contributed by atoms with Crippen molar-refractivity contribution in [3.63, 3.8) is 0 Å². The average Bonchev–Trinajstić information content (AvgIpc) is 3.05. The van der Waals surface area contributed by atoms with Crippen molar-refractivity contribution in [1.82, 2.24) is 19.7 Å². The number of nitrogen functional groups attached to an aromatic ring is 1. The molecule has 0 unspecified atom stereocenters. The van der Waals surface area contributed by atoms with Crippen molar-refractivity contribution in [1.29, 1.82) is 0 Å². The zero-order valence-corrected chi connectivity index (χ0v) is 15.3. The Balaban J connectivity index is 1.90. The van der Waals surface area contributed by atoms with Gasteiger partial charge in [-0.25, -0.2) is 14.1 Å². The summed E-state index contributed by atoms with van der Waals surface area (Å²) < 4.78 is 20.1. The molecule has 2 aromatic carbocycles. The van der Waals surface area contributed by atoms with Crippen molar-refractivity contribution in [2.24, 2.45) is 0 Å². The molecule has 0 fully saturated rings. The molecule has 28 heavy (non-hydrogen) atoms. The van der Waals surface area contributed by atoms with Gasteiger partial charge >= 0.3 is 0 Å². The molecule has 0 saturated heterocycles. The van der Waals surface area contributed by atoms with Gasteiger partial charge < -0.3 is 15.8 Å². The number of halogens is 1. The third-order valence-electron chi connectivity index (χ3n) is 4.28. The van der Waals surface area contributed by atoms with Crippen LogP contribution in [-0.2, 0) is 4.74 Å². The number of hydrogen-bond donors (Lipinski definition) is 2. The zero-order chi connectivity index (χ0) is 19.5. The highest BCUT2D eigenvalue weighted by molar-refractivity contribution is 5.99. The molecule has 0 atom stereocenters. The van der Waals surface area contributed by atoms with Crippen LogP contribution in [-0.4, -0.2) is 40.0 Å². The van der Waals surface area contributed by atoms with Crippen LogP contribution >= 0.6 is 0 Å². The fraction of sp³-hybridized carbons (Fsp3) is 0.150. The Morgan fingerprint density at radius 1 is 1.07 bits per heavy atom. The molecule has 0 spiro atoms. The highest BCUT2D eigenvalue weighted by Gasteiger charge is 2.19.